The summed E-state index contributed by atoms with van der Waals surface area (Å²) in [6.07, 6.45) is -1.57. The molecule has 10 heteroatoms. The molecule has 2 amide bonds. The number of halogens is 3. The number of hydrogen-bond donors (Lipinski definition) is 3. The number of nitrogens with zero attached hydrogens (tertiary/aromatic N) is 1. The fraction of sp³-hybridized carbons (Fsp3) is 0.550. The smallest absolute Gasteiger partial charge is 0.416 e. The third kappa shape index (κ3) is 6.72. The van der Waals surface area contributed by atoms with Crippen LogP contribution in [0.3, 0.4) is 0 Å². The third-order valence-corrected chi connectivity index (χ3v) is 5.54. The van der Waals surface area contributed by atoms with Crippen LogP contribution in [0.15, 0.2) is 24.3 Å². The van der Waals surface area contributed by atoms with Crippen LogP contribution in [-0.2, 0) is 27.1 Å². The molecule has 3 rings (SSSR count). The molecule has 1 saturated heterocycles. The van der Waals surface area contributed by atoms with E-state index in [-0.39, 0.29) is 36.3 Å². The minimum atomic E-state index is -4.32. The lowest BCUT2D eigenvalue weighted by atomic mass is 9.92. The van der Waals surface area contributed by atoms with Crippen LogP contribution in [0.5, 0.6) is 0 Å². The summed E-state index contributed by atoms with van der Waals surface area (Å²) < 4.78 is 38.5. The fourth-order valence-corrected chi connectivity index (χ4v) is 3.82. The summed E-state index contributed by atoms with van der Waals surface area (Å²) in [4.78, 5) is 33.2. The summed E-state index contributed by atoms with van der Waals surface area (Å²) in [7, 11) is 0. The van der Waals surface area contributed by atoms with Gasteiger partial charge in [-0.25, -0.2) is 0 Å². The van der Waals surface area contributed by atoms with Crippen molar-refractivity contribution in [2.24, 2.45) is 5.41 Å². The average molecular weight is 429 g/mol. The minimum Gasteiger partial charge on any atom is -0.483 e. The van der Waals surface area contributed by atoms with Crippen molar-refractivity contribution in [1.29, 1.82) is 0 Å². The summed E-state index contributed by atoms with van der Waals surface area (Å²) >= 11 is 0. The molecule has 30 heavy (non-hydrogen) atoms. The number of likely N-dealkylation sites (tertiary alicyclic amines) is 1. The normalized spacial score (nSPS) is 19.9. The molecule has 7 nitrogen and oxygen atoms in total. The van der Waals surface area contributed by atoms with Crippen LogP contribution in [0.25, 0.3) is 0 Å². The number of nitrogens with one attached hydrogen (secondary N) is 2. The summed E-state index contributed by atoms with van der Waals surface area (Å²) in [6, 6.07) is 5.61. The number of rotatable bonds is 5. The molecule has 2 fully saturated rings. The van der Waals surface area contributed by atoms with Gasteiger partial charge in [-0.05, 0) is 49.4 Å². The van der Waals surface area contributed by atoms with Gasteiger partial charge in [0.2, 0.25) is 11.8 Å². The predicted molar refractivity (Wildman–Crippen MR) is 102 cm³/mol. The van der Waals surface area contributed by atoms with E-state index in [4.69, 9.17) is 9.90 Å². The first-order valence-electron chi connectivity index (χ1n) is 9.60. The quantitative estimate of drug-likeness (QED) is 0.622. The van der Waals surface area contributed by atoms with Crippen LogP contribution < -0.4 is 10.6 Å². The Labute approximate surface area is 172 Å². The van der Waals surface area contributed by atoms with E-state index in [1.54, 1.807) is 6.07 Å². The lowest BCUT2D eigenvalue weighted by molar-refractivity contribution is -0.137. The molecule has 3 N–H and O–H groups in total. The largest absolute Gasteiger partial charge is 0.483 e. The van der Waals surface area contributed by atoms with Crippen molar-refractivity contribution >= 4 is 18.3 Å². The van der Waals surface area contributed by atoms with Gasteiger partial charge in [-0.2, -0.15) is 13.2 Å². The van der Waals surface area contributed by atoms with Crippen LogP contribution >= 0.6 is 0 Å². The number of amides is 2. The van der Waals surface area contributed by atoms with E-state index in [2.05, 4.69) is 15.5 Å². The van der Waals surface area contributed by atoms with Gasteiger partial charge in [0.15, 0.2) is 0 Å². The van der Waals surface area contributed by atoms with Gasteiger partial charge in [-0.15, -0.1) is 0 Å². The van der Waals surface area contributed by atoms with Crippen LogP contribution in [0.4, 0.5) is 13.2 Å². The van der Waals surface area contributed by atoms with Gasteiger partial charge in [0.05, 0.1) is 12.1 Å². The summed E-state index contributed by atoms with van der Waals surface area (Å²) in [6.45, 7) is 3.21. The number of alkyl halides is 3. The second kappa shape index (κ2) is 9.92. The number of carboxylic acid groups (broad SMARTS) is 1. The Kier molecular flexibility index (Phi) is 7.83. The molecular weight excluding hydrogens is 403 g/mol. The van der Waals surface area contributed by atoms with Crippen molar-refractivity contribution in [2.75, 3.05) is 19.6 Å². The van der Waals surface area contributed by atoms with Gasteiger partial charge in [-0.3, -0.25) is 19.3 Å². The Balaban J connectivity index is 0.00000101. The molecule has 1 aromatic carbocycles. The van der Waals surface area contributed by atoms with Gasteiger partial charge < -0.3 is 15.7 Å². The lowest BCUT2D eigenvalue weighted by Crippen LogP contribution is -2.41. The highest BCUT2D eigenvalue weighted by molar-refractivity contribution is 5.84. The number of carbonyl (C=O) groups excluding carboxylic acids is 2. The highest BCUT2D eigenvalue weighted by atomic mass is 19.4. The van der Waals surface area contributed by atoms with Gasteiger partial charge in [0.1, 0.15) is 0 Å². The third-order valence-electron chi connectivity index (χ3n) is 5.54. The topological polar surface area (TPSA) is 98.7 Å². The van der Waals surface area contributed by atoms with E-state index in [0.29, 0.717) is 12.1 Å². The molecule has 1 atom stereocenters. The van der Waals surface area contributed by atoms with Crippen molar-refractivity contribution in [3.05, 3.63) is 35.4 Å². The fourth-order valence-electron chi connectivity index (χ4n) is 3.82. The highest BCUT2D eigenvalue weighted by Crippen LogP contribution is 2.53. The first-order chi connectivity index (χ1) is 14.1. The zero-order valence-electron chi connectivity index (χ0n) is 16.7. The molecule has 0 aromatic heterocycles. The average Bonchev–Trinajstić information content (AvgIpc) is 3.33. The van der Waals surface area contributed by atoms with Gasteiger partial charge in [0.25, 0.3) is 6.47 Å². The molecule has 1 aliphatic heterocycles. The van der Waals surface area contributed by atoms with Crippen molar-refractivity contribution in [2.45, 2.75) is 44.9 Å². The van der Waals surface area contributed by atoms with E-state index in [1.165, 1.54) is 19.1 Å². The summed E-state index contributed by atoms with van der Waals surface area (Å²) in [5.74, 6) is -0.419. The Morgan fingerprint density at radius 2 is 1.93 bits per heavy atom. The van der Waals surface area contributed by atoms with E-state index in [1.807, 2.05) is 0 Å². The standard InChI is InChI=1S/C19H24F3N3O2.CH2O2/c1-13(26)23-11-17(27)24-16-10-18(16)5-7-25(8-6-18)12-14-3-2-4-15(9-14)19(20,21)22;2-1-3/h2-4,9,16H,5-8,10-12H2,1H3,(H,23,26)(H,24,27);1H,(H,2,3). The predicted octanol–water partition coefficient (Wildman–Crippen LogP) is 2.01. The highest BCUT2D eigenvalue weighted by Gasteiger charge is 2.55. The molecule has 1 aliphatic carbocycles. The maximum Gasteiger partial charge on any atom is 0.416 e. The molecule has 1 saturated carbocycles. The molecule has 0 radical (unpaired) electrons. The Bertz CT molecular complexity index is 762. The zero-order valence-corrected chi connectivity index (χ0v) is 16.7. The SMILES string of the molecule is CC(=O)NCC(=O)NC1CC12CCN(Cc1cccc(C(F)(F)F)c1)CC2.O=CO. The number of piperidine rings is 1. The van der Waals surface area contributed by atoms with Crippen LogP contribution in [-0.4, -0.2) is 54.0 Å². The molecule has 0 bridgehead atoms. The molecule has 1 spiro atoms. The van der Waals surface area contributed by atoms with E-state index in [9.17, 15) is 22.8 Å². The van der Waals surface area contributed by atoms with Crippen molar-refractivity contribution in [3.63, 3.8) is 0 Å². The van der Waals surface area contributed by atoms with E-state index >= 15 is 0 Å². The first-order valence-corrected chi connectivity index (χ1v) is 9.60. The Morgan fingerprint density at radius 1 is 1.30 bits per heavy atom. The molecule has 1 aromatic rings. The van der Waals surface area contributed by atoms with Gasteiger partial charge in [0, 0.05) is 19.5 Å². The van der Waals surface area contributed by atoms with E-state index in [0.717, 1.165) is 38.4 Å². The van der Waals surface area contributed by atoms with Crippen LogP contribution in [0.2, 0.25) is 0 Å². The van der Waals surface area contributed by atoms with Crippen molar-refractivity contribution in [3.8, 4) is 0 Å². The monoisotopic (exact) mass is 429 g/mol. The second-order valence-corrected chi connectivity index (χ2v) is 7.68. The van der Waals surface area contributed by atoms with Crippen LogP contribution in [0, 0.1) is 5.41 Å². The maximum atomic E-state index is 12.8. The molecule has 2 aliphatic rings. The molecule has 1 unspecified atom stereocenters. The van der Waals surface area contributed by atoms with E-state index < -0.39 is 11.7 Å². The maximum absolute atomic E-state index is 12.8. The first kappa shape index (κ1) is 23.7. The van der Waals surface area contributed by atoms with Gasteiger partial charge >= 0.3 is 6.18 Å². The van der Waals surface area contributed by atoms with Crippen LogP contribution in [0.1, 0.15) is 37.3 Å². The Hall–Kier alpha value is -2.62. The second-order valence-electron chi connectivity index (χ2n) is 7.68. The Morgan fingerprint density at radius 3 is 2.50 bits per heavy atom. The molecule has 166 valence electrons. The summed E-state index contributed by atoms with van der Waals surface area (Å²) in [5, 5.41) is 12.3. The minimum absolute atomic E-state index is 0.0103. The lowest BCUT2D eigenvalue weighted by Gasteiger charge is -2.33. The van der Waals surface area contributed by atoms with Crippen molar-refractivity contribution in [1.82, 2.24) is 15.5 Å². The van der Waals surface area contributed by atoms with Crippen molar-refractivity contribution < 1.29 is 32.7 Å². The molecular formula is C20H26F3N3O4. The number of carbonyl (C=O) groups is 3. The van der Waals surface area contributed by atoms with Gasteiger partial charge in [-0.1, -0.05) is 18.2 Å². The summed E-state index contributed by atoms with van der Waals surface area (Å²) in [5.41, 5.74) is 0.158. The zero-order chi connectivity index (χ0) is 22.4. The number of hydrogen-bond acceptors (Lipinski definition) is 4. The molecule has 1 heterocycles. The number of benzene rings is 1.